The molecule has 0 bridgehead atoms. The second kappa shape index (κ2) is 4.33. The summed E-state index contributed by atoms with van der Waals surface area (Å²) in [7, 11) is 0. The van der Waals surface area contributed by atoms with Gasteiger partial charge in [-0.2, -0.15) is 0 Å². The summed E-state index contributed by atoms with van der Waals surface area (Å²) in [6.07, 6.45) is 0.365. The predicted octanol–water partition coefficient (Wildman–Crippen LogP) is 3.29. The minimum absolute atomic E-state index is 0.0698. The second-order valence-electron chi connectivity index (χ2n) is 4.71. The van der Waals surface area contributed by atoms with Crippen molar-refractivity contribution in [2.45, 2.75) is 33.3 Å². The molecule has 1 nitrogen and oxygen atoms in total. The Morgan fingerprint density at radius 3 is 2.14 bits per heavy atom. The molecule has 0 heterocycles. The standard InChI is InChI=1S/C12H17ClO/c1-12(2,3)11(14)8-9-4-6-10(13)7-5-9/h4-7,11,14H,8H2,1-3H3. The summed E-state index contributed by atoms with van der Waals surface area (Å²) in [5.74, 6) is 0. The van der Waals surface area contributed by atoms with E-state index in [4.69, 9.17) is 11.6 Å². The highest BCUT2D eigenvalue weighted by molar-refractivity contribution is 6.30. The molecule has 14 heavy (non-hydrogen) atoms. The lowest BCUT2D eigenvalue weighted by Gasteiger charge is -2.25. The smallest absolute Gasteiger partial charge is 0.0628 e. The van der Waals surface area contributed by atoms with Crippen LogP contribution in [0.1, 0.15) is 26.3 Å². The van der Waals surface area contributed by atoms with Gasteiger partial charge in [-0.05, 0) is 29.5 Å². The zero-order valence-electron chi connectivity index (χ0n) is 8.92. The van der Waals surface area contributed by atoms with E-state index in [2.05, 4.69) is 0 Å². The van der Waals surface area contributed by atoms with E-state index in [9.17, 15) is 5.11 Å². The van der Waals surface area contributed by atoms with Gasteiger partial charge in [0.1, 0.15) is 0 Å². The van der Waals surface area contributed by atoms with Crippen LogP contribution in [-0.2, 0) is 6.42 Å². The van der Waals surface area contributed by atoms with E-state index >= 15 is 0 Å². The summed E-state index contributed by atoms with van der Waals surface area (Å²) in [4.78, 5) is 0. The van der Waals surface area contributed by atoms with Crippen LogP contribution in [0.5, 0.6) is 0 Å². The Bertz CT molecular complexity index is 284. The molecule has 0 aliphatic heterocycles. The molecule has 0 saturated heterocycles. The van der Waals surface area contributed by atoms with Gasteiger partial charge in [0.2, 0.25) is 0 Å². The van der Waals surface area contributed by atoms with Crippen LogP contribution in [0, 0.1) is 5.41 Å². The van der Waals surface area contributed by atoms with Crippen molar-refractivity contribution in [3.63, 3.8) is 0 Å². The topological polar surface area (TPSA) is 20.2 Å². The third-order valence-corrected chi connectivity index (χ3v) is 2.59. The fraction of sp³-hybridized carbons (Fsp3) is 0.500. The number of aliphatic hydroxyl groups excluding tert-OH is 1. The Labute approximate surface area is 90.7 Å². The first-order chi connectivity index (χ1) is 6.39. The van der Waals surface area contributed by atoms with Crippen LogP contribution in [-0.4, -0.2) is 11.2 Å². The molecule has 1 aromatic rings. The molecule has 0 aromatic heterocycles. The maximum absolute atomic E-state index is 9.88. The molecule has 0 amide bonds. The zero-order valence-corrected chi connectivity index (χ0v) is 9.67. The Kier molecular flexibility index (Phi) is 3.57. The van der Waals surface area contributed by atoms with Crippen LogP contribution in [0.15, 0.2) is 24.3 Å². The lowest BCUT2D eigenvalue weighted by atomic mass is 9.85. The summed E-state index contributed by atoms with van der Waals surface area (Å²) in [6.45, 7) is 6.11. The van der Waals surface area contributed by atoms with Crippen LogP contribution < -0.4 is 0 Å². The summed E-state index contributed by atoms with van der Waals surface area (Å²) in [5, 5.41) is 10.6. The largest absolute Gasteiger partial charge is 0.392 e. The summed E-state index contributed by atoms with van der Waals surface area (Å²) >= 11 is 5.78. The van der Waals surface area contributed by atoms with Crippen molar-refractivity contribution in [1.29, 1.82) is 0 Å². The van der Waals surface area contributed by atoms with Gasteiger partial charge in [0.05, 0.1) is 6.10 Å². The van der Waals surface area contributed by atoms with Gasteiger partial charge in [0, 0.05) is 5.02 Å². The highest BCUT2D eigenvalue weighted by Gasteiger charge is 2.21. The summed E-state index contributed by atoms with van der Waals surface area (Å²) in [5.41, 5.74) is 1.05. The van der Waals surface area contributed by atoms with Crippen molar-refractivity contribution < 1.29 is 5.11 Å². The van der Waals surface area contributed by atoms with Crippen molar-refractivity contribution in [3.05, 3.63) is 34.9 Å². The van der Waals surface area contributed by atoms with Crippen molar-refractivity contribution >= 4 is 11.6 Å². The Morgan fingerprint density at radius 1 is 1.21 bits per heavy atom. The molecule has 0 radical (unpaired) electrons. The minimum atomic E-state index is -0.316. The maximum atomic E-state index is 9.88. The number of hydrogen-bond donors (Lipinski definition) is 1. The molecule has 0 fully saturated rings. The van der Waals surface area contributed by atoms with Crippen LogP contribution >= 0.6 is 11.6 Å². The molecule has 1 atom stereocenters. The molecule has 1 N–H and O–H groups in total. The molecule has 0 aliphatic carbocycles. The monoisotopic (exact) mass is 212 g/mol. The molecule has 1 rings (SSSR count). The predicted molar refractivity (Wildman–Crippen MR) is 60.6 cm³/mol. The SMILES string of the molecule is CC(C)(C)C(O)Cc1ccc(Cl)cc1. The molecule has 0 spiro atoms. The van der Waals surface area contributed by atoms with Gasteiger partial charge in [-0.25, -0.2) is 0 Å². The quantitative estimate of drug-likeness (QED) is 0.798. The van der Waals surface area contributed by atoms with Gasteiger partial charge < -0.3 is 5.11 Å². The molecule has 78 valence electrons. The van der Waals surface area contributed by atoms with E-state index in [1.165, 1.54) is 0 Å². The third-order valence-electron chi connectivity index (χ3n) is 2.34. The van der Waals surface area contributed by atoms with Crippen LogP contribution in [0.2, 0.25) is 5.02 Å². The lowest BCUT2D eigenvalue weighted by Crippen LogP contribution is -2.27. The van der Waals surface area contributed by atoms with Gasteiger partial charge in [0.15, 0.2) is 0 Å². The van der Waals surface area contributed by atoms with E-state index in [1.54, 1.807) is 0 Å². The first-order valence-electron chi connectivity index (χ1n) is 4.82. The van der Waals surface area contributed by atoms with Gasteiger partial charge in [-0.15, -0.1) is 0 Å². The number of halogens is 1. The van der Waals surface area contributed by atoms with Crippen LogP contribution in [0.4, 0.5) is 0 Å². The summed E-state index contributed by atoms with van der Waals surface area (Å²) < 4.78 is 0. The second-order valence-corrected chi connectivity index (χ2v) is 5.15. The first kappa shape index (κ1) is 11.5. The Hall–Kier alpha value is -0.530. The van der Waals surface area contributed by atoms with E-state index in [0.29, 0.717) is 6.42 Å². The van der Waals surface area contributed by atoms with Gasteiger partial charge in [0.25, 0.3) is 0 Å². The van der Waals surface area contributed by atoms with E-state index < -0.39 is 0 Å². The average Bonchev–Trinajstić information content (AvgIpc) is 2.07. The van der Waals surface area contributed by atoms with Crippen LogP contribution in [0.3, 0.4) is 0 Å². The minimum Gasteiger partial charge on any atom is -0.392 e. The molecule has 1 aromatic carbocycles. The molecule has 1 unspecified atom stereocenters. The normalized spacial score (nSPS) is 14.1. The van der Waals surface area contributed by atoms with Crippen molar-refractivity contribution in [2.75, 3.05) is 0 Å². The Balaban J connectivity index is 2.65. The zero-order chi connectivity index (χ0) is 10.8. The maximum Gasteiger partial charge on any atom is 0.0628 e. The number of hydrogen-bond acceptors (Lipinski definition) is 1. The molecule has 0 aliphatic rings. The van der Waals surface area contributed by atoms with Crippen molar-refractivity contribution in [3.8, 4) is 0 Å². The van der Waals surface area contributed by atoms with Crippen LogP contribution in [0.25, 0.3) is 0 Å². The van der Waals surface area contributed by atoms with E-state index in [0.717, 1.165) is 10.6 Å². The first-order valence-corrected chi connectivity index (χ1v) is 5.20. The van der Waals surface area contributed by atoms with Crippen molar-refractivity contribution in [2.24, 2.45) is 5.41 Å². The Morgan fingerprint density at radius 2 is 1.71 bits per heavy atom. The fourth-order valence-corrected chi connectivity index (χ4v) is 1.28. The number of aliphatic hydroxyl groups is 1. The van der Waals surface area contributed by atoms with Gasteiger partial charge in [-0.1, -0.05) is 44.5 Å². The third kappa shape index (κ3) is 3.32. The molecule has 0 saturated carbocycles. The number of rotatable bonds is 2. The van der Waals surface area contributed by atoms with E-state index in [1.807, 2.05) is 45.0 Å². The number of benzene rings is 1. The summed E-state index contributed by atoms with van der Waals surface area (Å²) in [6, 6.07) is 7.62. The fourth-order valence-electron chi connectivity index (χ4n) is 1.15. The highest BCUT2D eigenvalue weighted by Crippen LogP contribution is 2.22. The van der Waals surface area contributed by atoms with E-state index in [-0.39, 0.29) is 11.5 Å². The highest BCUT2D eigenvalue weighted by atomic mass is 35.5. The van der Waals surface area contributed by atoms with Gasteiger partial charge in [-0.3, -0.25) is 0 Å². The average molecular weight is 213 g/mol. The van der Waals surface area contributed by atoms with Crippen molar-refractivity contribution in [1.82, 2.24) is 0 Å². The molecule has 2 heteroatoms. The lowest BCUT2D eigenvalue weighted by molar-refractivity contribution is 0.0636. The molecular formula is C12H17ClO. The van der Waals surface area contributed by atoms with Gasteiger partial charge >= 0.3 is 0 Å². The molecular weight excluding hydrogens is 196 g/mol.